The smallest absolute Gasteiger partial charge is 0.246 e. The van der Waals surface area contributed by atoms with Crippen molar-refractivity contribution < 1.29 is 9.15 Å². The van der Waals surface area contributed by atoms with Gasteiger partial charge in [0.2, 0.25) is 11.8 Å². The molecule has 0 radical (unpaired) electrons. The maximum Gasteiger partial charge on any atom is 0.246 e. The molecule has 2 aromatic carbocycles. The number of para-hydroxylation sites is 1. The summed E-state index contributed by atoms with van der Waals surface area (Å²) in [6.07, 6.45) is 2.89. The van der Waals surface area contributed by atoms with Crippen LogP contribution in [0.3, 0.4) is 0 Å². The van der Waals surface area contributed by atoms with E-state index in [2.05, 4.69) is 46.7 Å². The summed E-state index contributed by atoms with van der Waals surface area (Å²) >= 11 is 0. The Labute approximate surface area is 171 Å². The van der Waals surface area contributed by atoms with Crippen molar-refractivity contribution in [1.82, 2.24) is 15.5 Å². The lowest BCUT2D eigenvalue weighted by molar-refractivity contribution is 0.303. The molecule has 1 aliphatic rings. The summed E-state index contributed by atoms with van der Waals surface area (Å²) in [7, 11) is 0. The Bertz CT molecular complexity index is 1050. The van der Waals surface area contributed by atoms with Gasteiger partial charge in [-0.3, -0.25) is 0 Å². The van der Waals surface area contributed by atoms with E-state index in [1.54, 1.807) is 0 Å². The van der Waals surface area contributed by atoms with Gasteiger partial charge in [0.25, 0.3) is 0 Å². The number of dihydropyridines is 1. The third kappa shape index (κ3) is 4.09. The molecule has 4 rings (SSSR count). The van der Waals surface area contributed by atoms with Crippen molar-refractivity contribution in [2.75, 3.05) is 0 Å². The summed E-state index contributed by atoms with van der Waals surface area (Å²) in [4.78, 5) is 0. The number of nitrogens with one attached hydrogen (secondary N) is 1. The Kier molecular flexibility index (Phi) is 5.47. The van der Waals surface area contributed by atoms with Gasteiger partial charge in [0.15, 0.2) is 0 Å². The molecule has 0 spiro atoms. The van der Waals surface area contributed by atoms with Crippen LogP contribution in [-0.4, -0.2) is 10.2 Å². The normalized spacial score (nSPS) is 16.4. The van der Waals surface area contributed by atoms with Crippen LogP contribution < -0.4 is 10.1 Å². The van der Waals surface area contributed by atoms with Gasteiger partial charge >= 0.3 is 0 Å². The molecule has 0 bridgehead atoms. The first-order chi connectivity index (χ1) is 14.2. The molecule has 5 heteroatoms. The highest BCUT2D eigenvalue weighted by Gasteiger charge is 2.29. The van der Waals surface area contributed by atoms with Gasteiger partial charge in [0.1, 0.15) is 12.4 Å². The van der Waals surface area contributed by atoms with E-state index in [0.29, 0.717) is 24.8 Å². The van der Waals surface area contributed by atoms with Crippen LogP contribution in [0, 0.1) is 0 Å². The summed E-state index contributed by atoms with van der Waals surface area (Å²) in [5.41, 5.74) is 5.30. The van der Waals surface area contributed by atoms with Gasteiger partial charge in [-0.25, -0.2) is 0 Å². The Morgan fingerprint density at radius 1 is 1.00 bits per heavy atom. The molecule has 0 saturated carbocycles. The number of benzene rings is 2. The number of hydrogen-bond acceptors (Lipinski definition) is 5. The minimum atomic E-state index is -0.0339. The van der Waals surface area contributed by atoms with Crippen LogP contribution in [-0.2, 0) is 13.0 Å². The van der Waals surface area contributed by atoms with Gasteiger partial charge < -0.3 is 14.5 Å². The molecule has 1 aliphatic heterocycles. The van der Waals surface area contributed by atoms with Crippen LogP contribution in [0.25, 0.3) is 5.57 Å². The first-order valence-electron chi connectivity index (χ1n) is 9.90. The first-order valence-corrected chi connectivity index (χ1v) is 9.90. The van der Waals surface area contributed by atoms with E-state index in [1.165, 1.54) is 0 Å². The minimum absolute atomic E-state index is 0.0339. The van der Waals surface area contributed by atoms with E-state index in [0.717, 1.165) is 33.8 Å². The van der Waals surface area contributed by atoms with Gasteiger partial charge in [0.05, 0.1) is 0 Å². The Balaban J connectivity index is 1.70. The van der Waals surface area contributed by atoms with Crippen molar-refractivity contribution in [2.45, 2.75) is 39.7 Å². The van der Waals surface area contributed by atoms with Crippen LogP contribution in [0.1, 0.15) is 49.6 Å². The second-order valence-corrected chi connectivity index (χ2v) is 7.16. The van der Waals surface area contributed by atoms with Crippen LogP contribution in [0.5, 0.6) is 5.75 Å². The highest BCUT2D eigenvalue weighted by Crippen LogP contribution is 2.41. The number of hydrogen-bond donors (Lipinski definition) is 1. The third-order valence-electron chi connectivity index (χ3n) is 5.01. The van der Waals surface area contributed by atoms with Gasteiger partial charge in [-0.15, -0.1) is 10.2 Å². The van der Waals surface area contributed by atoms with Crippen LogP contribution in [0.15, 0.2) is 76.5 Å². The second kappa shape index (κ2) is 8.35. The van der Waals surface area contributed by atoms with Crippen LogP contribution in [0.2, 0.25) is 0 Å². The molecule has 0 amide bonds. The van der Waals surface area contributed by atoms with Crippen molar-refractivity contribution in [3.8, 4) is 5.75 Å². The van der Waals surface area contributed by atoms with Gasteiger partial charge in [-0.05, 0) is 25.5 Å². The molecule has 148 valence electrons. The molecule has 1 atom stereocenters. The fourth-order valence-electron chi connectivity index (χ4n) is 3.62. The summed E-state index contributed by atoms with van der Waals surface area (Å²) in [5.74, 6) is 2.01. The maximum atomic E-state index is 6.22. The number of ether oxygens (including phenoxy) is 1. The molecule has 0 saturated heterocycles. The fourth-order valence-corrected chi connectivity index (χ4v) is 3.62. The first kappa shape index (κ1) is 19.0. The monoisotopic (exact) mass is 387 g/mol. The molecule has 5 nitrogen and oxygen atoms in total. The van der Waals surface area contributed by atoms with Crippen molar-refractivity contribution in [1.29, 1.82) is 0 Å². The SMILES string of the molecule is CCc1nnc(C2=C(C)NC(C)=CC2c2ccccc2OCc2ccccc2)o1. The molecular weight excluding hydrogens is 362 g/mol. The standard InChI is InChI=1S/C24H25N3O2/c1-4-22-26-27-24(29-22)23-17(3)25-16(2)14-20(23)19-12-8-9-13-21(19)28-15-18-10-6-5-7-11-18/h5-14,20,25H,4,15H2,1-3H3. The Morgan fingerprint density at radius 3 is 2.52 bits per heavy atom. The molecule has 1 N–H and O–H groups in total. The summed E-state index contributed by atoms with van der Waals surface area (Å²) < 4.78 is 12.1. The number of aryl methyl sites for hydroxylation is 1. The molecule has 29 heavy (non-hydrogen) atoms. The maximum absolute atomic E-state index is 6.22. The quantitative estimate of drug-likeness (QED) is 0.627. The zero-order chi connectivity index (χ0) is 20.2. The molecule has 0 fully saturated rings. The lowest BCUT2D eigenvalue weighted by atomic mass is 9.86. The third-order valence-corrected chi connectivity index (χ3v) is 5.01. The van der Waals surface area contributed by atoms with Crippen molar-refractivity contribution in [3.05, 3.63) is 95.0 Å². The van der Waals surface area contributed by atoms with Gasteiger partial charge in [-0.2, -0.15) is 0 Å². The topological polar surface area (TPSA) is 60.2 Å². The minimum Gasteiger partial charge on any atom is -0.489 e. The fraction of sp³-hybridized carbons (Fsp3) is 0.250. The van der Waals surface area contributed by atoms with Crippen LogP contribution in [0.4, 0.5) is 0 Å². The molecule has 0 aliphatic carbocycles. The van der Waals surface area contributed by atoms with Crippen molar-refractivity contribution >= 4 is 5.57 Å². The Hall–Kier alpha value is -3.34. The van der Waals surface area contributed by atoms with Gasteiger partial charge in [-0.1, -0.05) is 61.5 Å². The number of allylic oxidation sites excluding steroid dienone is 4. The average molecular weight is 387 g/mol. The predicted molar refractivity (Wildman–Crippen MR) is 113 cm³/mol. The van der Waals surface area contributed by atoms with E-state index in [4.69, 9.17) is 9.15 Å². The van der Waals surface area contributed by atoms with E-state index >= 15 is 0 Å². The average Bonchev–Trinajstić information content (AvgIpc) is 3.21. The number of rotatable bonds is 6. The zero-order valence-electron chi connectivity index (χ0n) is 17.0. The molecule has 1 aromatic heterocycles. The van der Waals surface area contributed by atoms with E-state index in [-0.39, 0.29) is 5.92 Å². The molecule has 3 aromatic rings. The molecule has 2 heterocycles. The number of aromatic nitrogens is 2. The van der Waals surface area contributed by atoms with Gasteiger partial charge in [0, 0.05) is 34.9 Å². The predicted octanol–water partition coefficient (Wildman–Crippen LogP) is 5.23. The largest absolute Gasteiger partial charge is 0.489 e. The number of nitrogens with zero attached hydrogens (tertiary/aromatic N) is 2. The van der Waals surface area contributed by atoms with Crippen LogP contribution >= 0.6 is 0 Å². The highest BCUT2D eigenvalue weighted by atomic mass is 16.5. The summed E-state index contributed by atoms with van der Waals surface area (Å²) in [6, 6.07) is 18.3. The summed E-state index contributed by atoms with van der Waals surface area (Å²) in [6.45, 7) is 6.63. The Morgan fingerprint density at radius 2 is 1.76 bits per heavy atom. The highest BCUT2D eigenvalue weighted by molar-refractivity contribution is 5.73. The van der Waals surface area contributed by atoms with Crippen molar-refractivity contribution in [3.63, 3.8) is 0 Å². The lowest BCUT2D eigenvalue weighted by Crippen LogP contribution is -2.20. The summed E-state index contributed by atoms with van der Waals surface area (Å²) in [5, 5.41) is 11.9. The molecular formula is C24H25N3O2. The lowest BCUT2D eigenvalue weighted by Gasteiger charge is -2.26. The van der Waals surface area contributed by atoms with E-state index in [9.17, 15) is 0 Å². The zero-order valence-corrected chi connectivity index (χ0v) is 17.0. The van der Waals surface area contributed by atoms with E-state index in [1.807, 2.05) is 50.2 Å². The molecule has 1 unspecified atom stereocenters. The second-order valence-electron chi connectivity index (χ2n) is 7.16. The van der Waals surface area contributed by atoms with Crippen molar-refractivity contribution in [2.24, 2.45) is 0 Å². The van der Waals surface area contributed by atoms with E-state index < -0.39 is 0 Å².